The first-order valence-corrected chi connectivity index (χ1v) is 9.33. The van der Waals surface area contributed by atoms with Gasteiger partial charge in [0, 0.05) is 51.5 Å². The van der Waals surface area contributed by atoms with Crippen molar-refractivity contribution in [2.45, 2.75) is 13.3 Å². The number of amides is 1. The number of carbonyl (C=O) groups is 1. The number of piperazine rings is 1. The van der Waals surface area contributed by atoms with Gasteiger partial charge in [0.25, 0.3) is 5.91 Å². The SMILES string of the molecule is CCN1CCCN(C(=O)c2cc(F)ccc2N2CCN(C)CC2)CC1. The normalized spacial score (nSPS) is 20.6. The number of anilines is 1. The van der Waals surface area contributed by atoms with Crippen molar-refractivity contribution in [3.63, 3.8) is 0 Å². The first kappa shape index (κ1) is 18.1. The second-order valence-electron chi connectivity index (χ2n) is 7.03. The molecule has 25 heavy (non-hydrogen) atoms. The van der Waals surface area contributed by atoms with Crippen molar-refractivity contribution in [2.24, 2.45) is 0 Å². The molecular weight excluding hydrogens is 319 g/mol. The molecule has 5 nitrogen and oxygen atoms in total. The van der Waals surface area contributed by atoms with Gasteiger partial charge in [-0.1, -0.05) is 6.92 Å². The van der Waals surface area contributed by atoms with Gasteiger partial charge in [-0.2, -0.15) is 0 Å². The fourth-order valence-electron chi connectivity index (χ4n) is 3.66. The van der Waals surface area contributed by atoms with Crippen LogP contribution in [0.3, 0.4) is 0 Å². The second-order valence-corrected chi connectivity index (χ2v) is 7.03. The zero-order valence-corrected chi connectivity index (χ0v) is 15.4. The Balaban J connectivity index is 1.80. The average molecular weight is 348 g/mol. The number of carbonyl (C=O) groups excluding carboxylic acids is 1. The van der Waals surface area contributed by atoms with E-state index in [1.807, 2.05) is 4.90 Å². The molecule has 2 fully saturated rings. The van der Waals surface area contributed by atoms with Crippen LogP contribution in [0, 0.1) is 5.82 Å². The van der Waals surface area contributed by atoms with E-state index < -0.39 is 0 Å². The molecule has 0 unspecified atom stereocenters. The molecule has 0 bridgehead atoms. The van der Waals surface area contributed by atoms with E-state index in [4.69, 9.17) is 0 Å². The van der Waals surface area contributed by atoms with Crippen molar-refractivity contribution in [3.05, 3.63) is 29.6 Å². The lowest BCUT2D eigenvalue weighted by atomic mass is 10.1. The molecule has 0 N–H and O–H groups in total. The minimum absolute atomic E-state index is 0.0358. The maximum absolute atomic E-state index is 13.9. The van der Waals surface area contributed by atoms with Crippen LogP contribution in [0.5, 0.6) is 0 Å². The van der Waals surface area contributed by atoms with E-state index >= 15 is 0 Å². The van der Waals surface area contributed by atoms with E-state index in [1.54, 1.807) is 6.07 Å². The summed E-state index contributed by atoms with van der Waals surface area (Å²) >= 11 is 0. The highest BCUT2D eigenvalue weighted by atomic mass is 19.1. The largest absolute Gasteiger partial charge is 0.368 e. The van der Waals surface area contributed by atoms with Crippen LogP contribution in [0.15, 0.2) is 18.2 Å². The first-order chi connectivity index (χ1) is 12.1. The molecule has 0 saturated carbocycles. The van der Waals surface area contributed by atoms with Crippen LogP contribution in [-0.2, 0) is 0 Å². The second kappa shape index (κ2) is 8.15. The van der Waals surface area contributed by atoms with E-state index in [0.29, 0.717) is 12.1 Å². The van der Waals surface area contributed by atoms with Gasteiger partial charge >= 0.3 is 0 Å². The number of likely N-dealkylation sites (N-methyl/N-ethyl adjacent to an activating group) is 2. The van der Waals surface area contributed by atoms with Crippen LogP contribution in [0.25, 0.3) is 0 Å². The molecule has 0 spiro atoms. The molecular formula is C19H29FN4O. The minimum atomic E-state index is -0.341. The Morgan fingerprint density at radius 2 is 1.80 bits per heavy atom. The molecule has 0 aromatic heterocycles. The number of halogens is 1. The van der Waals surface area contributed by atoms with Gasteiger partial charge in [0.15, 0.2) is 0 Å². The van der Waals surface area contributed by atoms with Gasteiger partial charge in [-0.15, -0.1) is 0 Å². The van der Waals surface area contributed by atoms with Gasteiger partial charge in [0.05, 0.1) is 5.56 Å². The quantitative estimate of drug-likeness (QED) is 0.832. The lowest BCUT2D eigenvalue weighted by molar-refractivity contribution is 0.0761. The summed E-state index contributed by atoms with van der Waals surface area (Å²) in [7, 11) is 2.10. The summed E-state index contributed by atoms with van der Waals surface area (Å²) in [6, 6.07) is 4.65. The monoisotopic (exact) mass is 348 g/mol. The molecule has 0 aliphatic carbocycles. The third-order valence-electron chi connectivity index (χ3n) is 5.36. The standard InChI is InChI=1S/C19H29FN4O/c1-3-22-7-4-8-24(14-11-22)19(25)17-15-16(20)5-6-18(17)23-12-9-21(2)10-13-23/h5-6,15H,3-4,7-14H2,1-2H3. The zero-order chi connectivity index (χ0) is 17.8. The van der Waals surface area contributed by atoms with Gasteiger partial charge in [0.1, 0.15) is 5.82 Å². The highest BCUT2D eigenvalue weighted by molar-refractivity contribution is 6.00. The Bertz CT molecular complexity index is 601. The highest BCUT2D eigenvalue weighted by Gasteiger charge is 2.25. The maximum Gasteiger partial charge on any atom is 0.256 e. The van der Waals surface area contributed by atoms with Crippen LogP contribution < -0.4 is 4.90 Å². The van der Waals surface area contributed by atoms with Crippen LogP contribution in [0.2, 0.25) is 0 Å². The molecule has 2 aliphatic heterocycles. The van der Waals surface area contributed by atoms with E-state index in [9.17, 15) is 9.18 Å². The Hall–Kier alpha value is -1.66. The summed E-state index contributed by atoms with van der Waals surface area (Å²) in [4.78, 5) is 21.9. The number of hydrogen-bond acceptors (Lipinski definition) is 4. The lowest BCUT2D eigenvalue weighted by Gasteiger charge is -2.35. The summed E-state index contributed by atoms with van der Waals surface area (Å²) in [6.07, 6.45) is 0.971. The van der Waals surface area contributed by atoms with Crippen LogP contribution in [0.1, 0.15) is 23.7 Å². The van der Waals surface area contributed by atoms with Crippen LogP contribution in [0.4, 0.5) is 10.1 Å². The van der Waals surface area contributed by atoms with Crippen molar-refractivity contribution < 1.29 is 9.18 Å². The van der Waals surface area contributed by atoms with Gasteiger partial charge in [0.2, 0.25) is 0 Å². The molecule has 0 radical (unpaired) electrons. The lowest BCUT2D eigenvalue weighted by Crippen LogP contribution is -2.45. The van der Waals surface area contributed by atoms with Gasteiger partial charge < -0.3 is 19.6 Å². The predicted molar refractivity (Wildman–Crippen MR) is 98.7 cm³/mol. The Labute approximate surface area is 150 Å². The van der Waals surface area contributed by atoms with Crippen molar-refractivity contribution in [2.75, 3.05) is 70.9 Å². The minimum Gasteiger partial charge on any atom is -0.368 e. The fourth-order valence-corrected chi connectivity index (χ4v) is 3.66. The van der Waals surface area contributed by atoms with Crippen molar-refractivity contribution in [1.29, 1.82) is 0 Å². The summed E-state index contributed by atoms with van der Waals surface area (Å²) in [6.45, 7) is 10.2. The van der Waals surface area contributed by atoms with Gasteiger partial charge in [-0.05, 0) is 44.8 Å². The zero-order valence-electron chi connectivity index (χ0n) is 15.4. The molecule has 0 atom stereocenters. The Morgan fingerprint density at radius 1 is 1.04 bits per heavy atom. The smallest absolute Gasteiger partial charge is 0.256 e. The van der Waals surface area contributed by atoms with E-state index in [0.717, 1.165) is 64.5 Å². The topological polar surface area (TPSA) is 30.0 Å². The number of hydrogen-bond donors (Lipinski definition) is 0. The maximum atomic E-state index is 13.9. The highest BCUT2D eigenvalue weighted by Crippen LogP contribution is 2.25. The van der Waals surface area contributed by atoms with Crippen molar-refractivity contribution in [3.8, 4) is 0 Å². The summed E-state index contributed by atoms with van der Waals surface area (Å²) in [5, 5.41) is 0. The molecule has 2 heterocycles. The summed E-state index contributed by atoms with van der Waals surface area (Å²) in [5.74, 6) is -0.377. The molecule has 1 amide bonds. The van der Waals surface area contributed by atoms with Gasteiger partial charge in [-0.3, -0.25) is 4.79 Å². The van der Waals surface area contributed by atoms with Crippen LogP contribution in [-0.4, -0.2) is 86.6 Å². The van der Waals surface area contributed by atoms with Gasteiger partial charge in [-0.25, -0.2) is 4.39 Å². The van der Waals surface area contributed by atoms with Crippen molar-refractivity contribution >= 4 is 11.6 Å². The Morgan fingerprint density at radius 3 is 2.52 bits per heavy atom. The van der Waals surface area contributed by atoms with Crippen molar-refractivity contribution in [1.82, 2.24) is 14.7 Å². The Kier molecular flexibility index (Phi) is 5.91. The number of benzene rings is 1. The number of nitrogens with zero attached hydrogens (tertiary/aromatic N) is 4. The van der Waals surface area contributed by atoms with E-state index in [1.165, 1.54) is 12.1 Å². The van der Waals surface area contributed by atoms with Crippen LogP contribution >= 0.6 is 0 Å². The molecule has 1 aromatic rings. The third kappa shape index (κ3) is 4.30. The molecule has 2 aliphatic rings. The summed E-state index contributed by atoms with van der Waals surface area (Å²) < 4.78 is 13.9. The molecule has 138 valence electrons. The molecule has 3 rings (SSSR count). The van der Waals surface area contributed by atoms with E-state index in [2.05, 4.69) is 28.7 Å². The molecule has 2 saturated heterocycles. The fraction of sp³-hybridized carbons (Fsp3) is 0.632. The predicted octanol–water partition coefficient (Wildman–Crippen LogP) is 1.75. The molecule has 1 aromatic carbocycles. The molecule has 6 heteroatoms. The first-order valence-electron chi connectivity index (χ1n) is 9.33. The van der Waals surface area contributed by atoms with E-state index in [-0.39, 0.29) is 11.7 Å². The average Bonchev–Trinajstić information content (AvgIpc) is 2.87. The number of rotatable bonds is 3. The third-order valence-corrected chi connectivity index (χ3v) is 5.36. The summed E-state index contributed by atoms with van der Waals surface area (Å²) in [5.41, 5.74) is 1.38.